The lowest BCUT2D eigenvalue weighted by atomic mass is 10.0. The average molecular weight is 203 g/mol. The van der Waals surface area contributed by atoms with E-state index in [1.54, 1.807) is 0 Å². The van der Waals surface area contributed by atoms with Crippen LogP contribution >= 0.6 is 0 Å². The quantitative estimate of drug-likeness (QED) is 0.746. The van der Waals surface area contributed by atoms with Crippen LogP contribution in [0.15, 0.2) is 24.3 Å². The summed E-state index contributed by atoms with van der Waals surface area (Å²) in [6, 6.07) is 3.53. The van der Waals surface area contributed by atoms with Gasteiger partial charge in [0.25, 0.3) is 0 Å². The summed E-state index contributed by atoms with van der Waals surface area (Å²) in [7, 11) is 0. The van der Waals surface area contributed by atoms with Crippen LogP contribution in [0.1, 0.15) is 17.2 Å². The molecule has 0 radical (unpaired) electrons. The van der Waals surface area contributed by atoms with Gasteiger partial charge in [0.1, 0.15) is 6.29 Å². The van der Waals surface area contributed by atoms with Gasteiger partial charge in [0.05, 0.1) is 11.6 Å². The van der Waals surface area contributed by atoms with Crippen LogP contribution in [0, 0.1) is 0 Å². The van der Waals surface area contributed by atoms with Crippen molar-refractivity contribution < 1.29 is 18.0 Å². The second kappa shape index (κ2) is 3.79. The molecule has 1 aromatic carbocycles. The highest BCUT2D eigenvalue weighted by Crippen LogP contribution is 2.33. The predicted octanol–water partition coefficient (Wildman–Crippen LogP) is 1.90. The van der Waals surface area contributed by atoms with Crippen LogP contribution < -0.4 is 5.73 Å². The van der Waals surface area contributed by atoms with E-state index in [9.17, 15) is 18.0 Å². The summed E-state index contributed by atoms with van der Waals surface area (Å²) < 4.78 is 37.1. The highest BCUT2D eigenvalue weighted by atomic mass is 19.4. The number of carbonyl (C=O) groups excluding carboxylic acids is 1. The number of carbonyl (C=O) groups is 1. The molecule has 0 amide bonds. The van der Waals surface area contributed by atoms with E-state index >= 15 is 0 Å². The van der Waals surface area contributed by atoms with Gasteiger partial charge in [-0.05, 0) is 11.6 Å². The van der Waals surface area contributed by atoms with Crippen molar-refractivity contribution in [2.45, 2.75) is 12.2 Å². The van der Waals surface area contributed by atoms with E-state index in [-0.39, 0.29) is 11.8 Å². The van der Waals surface area contributed by atoms with E-state index in [4.69, 9.17) is 5.73 Å². The maximum Gasteiger partial charge on any atom is 0.416 e. The molecule has 0 heterocycles. The molecule has 0 aliphatic heterocycles. The van der Waals surface area contributed by atoms with Gasteiger partial charge in [-0.2, -0.15) is 13.2 Å². The summed E-state index contributed by atoms with van der Waals surface area (Å²) in [5.74, 6) is 0. The number of alkyl halides is 3. The summed E-state index contributed by atoms with van der Waals surface area (Å²) in [6.45, 7) is 0. The van der Waals surface area contributed by atoms with Crippen molar-refractivity contribution in [2.75, 3.05) is 0 Å². The van der Waals surface area contributed by atoms with E-state index < -0.39 is 17.8 Å². The SMILES string of the molecule is NC(C=O)c1ccccc1C(F)(F)F. The van der Waals surface area contributed by atoms with Crippen molar-refractivity contribution in [1.82, 2.24) is 0 Å². The molecule has 1 aromatic rings. The second-order valence-corrected chi connectivity index (χ2v) is 2.75. The number of nitrogens with two attached hydrogens (primary N) is 1. The third kappa shape index (κ3) is 2.11. The molecule has 5 heteroatoms. The van der Waals surface area contributed by atoms with Crippen LogP contribution in [0.3, 0.4) is 0 Å². The zero-order valence-corrected chi connectivity index (χ0v) is 7.08. The highest BCUT2D eigenvalue weighted by molar-refractivity contribution is 5.62. The Labute approximate surface area is 78.5 Å². The van der Waals surface area contributed by atoms with E-state index in [0.29, 0.717) is 0 Å². The fraction of sp³-hybridized carbons (Fsp3) is 0.222. The van der Waals surface area contributed by atoms with E-state index in [2.05, 4.69) is 0 Å². The van der Waals surface area contributed by atoms with Crippen LogP contribution in [0.25, 0.3) is 0 Å². The largest absolute Gasteiger partial charge is 0.416 e. The molecule has 0 aromatic heterocycles. The molecular weight excluding hydrogens is 195 g/mol. The Morgan fingerprint density at radius 1 is 1.29 bits per heavy atom. The van der Waals surface area contributed by atoms with Gasteiger partial charge in [-0.25, -0.2) is 0 Å². The fourth-order valence-electron chi connectivity index (χ4n) is 1.12. The molecule has 0 saturated heterocycles. The molecule has 1 rings (SSSR count). The lowest BCUT2D eigenvalue weighted by Crippen LogP contribution is -2.18. The Kier molecular flexibility index (Phi) is 2.90. The van der Waals surface area contributed by atoms with Crippen molar-refractivity contribution in [2.24, 2.45) is 5.73 Å². The monoisotopic (exact) mass is 203 g/mol. The Balaban J connectivity index is 3.22. The van der Waals surface area contributed by atoms with Crippen LogP contribution in [0.2, 0.25) is 0 Å². The molecule has 0 spiro atoms. The molecule has 1 unspecified atom stereocenters. The van der Waals surface area contributed by atoms with Gasteiger partial charge in [0, 0.05) is 0 Å². The van der Waals surface area contributed by atoms with E-state index in [1.807, 2.05) is 0 Å². The number of hydrogen-bond donors (Lipinski definition) is 1. The minimum absolute atomic E-state index is 0.199. The zero-order chi connectivity index (χ0) is 10.8. The standard InChI is InChI=1S/C9H8F3NO/c10-9(11,12)7-4-2-1-3-6(7)8(13)5-14/h1-5,8H,13H2. The number of hydrogen-bond acceptors (Lipinski definition) is 2. The minimum atomic E-state index is -4.47. The van der Waals surface area contributed by atoms with Gasteiger partial charge in [-0.1, -0.05) is 18.2 Å². The van der Waals surface area contributed by atoms with Crippen molar-refractivity contribution in [3.05, 3.63) is 35.4 Å². The van der Waals surface area contributed by atoms with Crippen LogP contribution in [0.4, 0.5) is 13.2 Å². The molecule has 1 atom stereocenters. The Morgan fingerprint density at radius 3 is 2.36 bits per heavy atom. The number of rotatable bonds is 2. The van der Waals surface area contributed by atoms with Gasteiger partial charge in [0.15, 0.2) is 0 Å². The maximum absolute atomic E-state index is 12.4. The second-order valence-electron chi connectivity index (χ2n) is 2.75. The van der Waals surface area contributed by atoms with Gasteiger partial charge in [-0.3, -0.25) is 0 Å². The Bertz CT molecular complexity index is 335. The molecule has 14 heavy (non-hydrogen) atoms. The zero-order valence-electron chi connectivity index (χ0n) is 7.08. The molecule has 0 bridgehead atoms. The topological polar surface area (TPSA) is 43.1 Å². The lowest BCUT2D eigenvalue weighted by molar-refractivity contribution is -0.138. The normalized spacial score (nSPS) is 13.7. The average Bonchev–Trinajstić information content (AvgIpc) is 2.15. The van der Waals surface area contributed by atoms with Crippen molar-refractivity contribution in [3.63, 3.8) is 0 Å². The third-order valence-corrected chi connectivity index (χ3v) is 1.77. The molecule has 0 aliphatic carbocycles. The molecule has 0 aliphatic rings. The maximum atomic E-state index is 12.4. The van der Waals surface area contributed by atoms with Crippen LogP contribution in [0.5, 0.6) is 0 Å². The fourth-order valence-corrected chi connectivity index (χ4v) is 1.12. The molecule has 0 fully saturated rings. The number of benzene rings is 1. The lowest BCUT2D eigenvalue weighted by Gasteiger charge is -2.13. The molecule has 76 valence electrons. The van der Waals surface area contributed by atoms with E-state index in [0.717, 1.165) is 6.07 Å². The molecule has 0 saturated carbocycles. The smallest absolute Gasteiger partial charge is 0.318 e. The first kappa shape index (κ1) is 10.7. The summed E-state index contributed by atoms with van der Waals surface area (Å²) in [5, 5.41) is 0. The van der Waals surface area contributed by atoms with Crippen molar-refractivity contribution in [3.8, 4) is 0 Å². The summed E-state index contributed by atoms with van der Waals surface area (Å²) in [6.07, 6.45) is -4.19. The number of halogens is 3. The molecule has 2 N–H and O–H groups in total. The van der Waals surface area contributed by atoms with Gasteiger partial charge >= 0.3 is 6.18 Å². The first-order chi connectivity index (χ1) is 6.46. The first-order valence-corrected chi connectivity index (χ1v) is 3.84. The third-order valence-electron chi connectivity index (χ3n) is 1.77. The first-order valence-electron chi connectivity index (χ1n) is 3.84. The summed E-state index contributed by atoms with van der Waals surface area (Å²) in [5.41, 5.74) is 4.16. The molecule has 2 nitrogen and oxygen atoms in total. The Hall–Kier alpha value is -1.36. The van der Waals surface area contributed by atoms with Gasteiger partial charge in [-0.15, -0.1) is 0 Å². The predicted molar refractivity (Wildman–Crippen MR) is 44.4 cm³/mol. The Morgan fingerprint density at radius 2 is 1.86 bits per heavy atom. The highest BCUT2D eigenvalue weighted by Gasteiger charge is 2.34. The summed E-state index contributed by atoms with van der Waals surface area (Å²) >= 11 is 0. The van der Waals surface area contributed by atoms with Crippen molar-refractivity contribution in [1.29, 1.82) is 0 Å². The van der Waals surface area contributed by atoms with Crippen LogP contribution in [-0.4, -0.2) is 6.29 Å². The molecular formula is C9H8F3NO. The van der Waals surface area contributed by atoms with Gasteiger partial charge < -0.3 is 10.5 Å². The van der Waals surface area contributed by atoms with Crippen LogP contribution in [-0.2, 0) is 11.0 Å². The summed E-state index contributed by atoms with van der Waals surface area (Å²) in [4.78, 5) is 10.3. The van der Waals surface area contributed by atoms with Gasteiger partial charge in [0.2, 0.25) is 0 Å². The number of aldehydes is 1. The van der Waals surface area contributed by atoms with Crippen molar-refractivity contribution >= 4 is 6.29 Å². The van der Waals surface area contributed by atoms with E-state index in [1.165, 1.54) is 18.2 Å². The minimum Gasteiger partial charge on any atom is -0.318 e.